The Balaban J connectivity index is 1.96. The molecule has 2 aromatic rings. The van der Waals surface area contributed by atoms with Crippen LogP contribution in [0.3, 0.4) is 0 Å². The second-order valence-corrected chi connectivity index (χ2v) is 7.64. The predicted octanol–water partition coefficient (Wildman–Crippen LogP) is 5.62. The third-order valence-electron chi connectivity index (χ3n) is 4.74. The van der Waals surface area contributed by atoms with E-state index in [0.29, 0.717) is 18.0 Å². The summed E-state index contributed by atoms with van der Waals surface area (Å²) in [5, 5.41) is 0. The highest BCUT2D eigenvalue weighted by atomic mass is 19.4. The van der Waals surface area contributed by atoms with Crippen LogP contribution in [0, 0.1) is 5.92 Å². The van der Waals surface area contributed by atoms with E-state index in [2.05, 4.69) is 9.97 Å². The van der Waals surface area contributed by atoms with E-state index in [0.717, 1.165) is 31.9 Å². The van der Waals surface area contributed by atoms with Gasteiger partial charge in [-0.15, -0.1) is 0 Å². The molecular weight excluding hydrogens is 383 g/mol. The molecule has 158 valence electrons. The molecule has 0 radical (unpaired) electrons. The van der Waals surface area contributed by atoms with Gasteiger partial charge in [0.1, 0.15) is 17.4 Å². The van der Waals surface area contributed by atoms with Crippen LogP contribution in [-0.4, -0.2) is 29.7 Å². The minimum absolute atomic E-state index is 0.0349. The molecule has 0 aliphatic heterocycles. The van der Waals surface area contributed by atoms with Gasteiger partial charge in [-0.3, -0.25) is 0 Å². The molecule has 0 bridgehead atoms. The Hall–Kier alpha value is -2.51. The summed E-state index contributed by atoms with van der Waals surface area (Å²) in [7, 11) is 1.54. The van der Waals surface area contributed by atoms with Crippen molar-refractivity contribution in [1.82, 2.24) is 9.97 Å². The van der Waals surface area contributed by atoms with Crippen LogP contribution in [-0.2, 0) is 6.18 Å². The van der Waals surface area contributed by atoms with Crippen molar-refractivity contribution < 1.29 is 22.6 Å². The van der Waals surface area contributed by atoms with E-state index >= 15 is 0 Å². The Morgan fingerprint density at radius 2 is 1.86 bits per heavy atom. The number of alkyl halides is 3. The van der Waals surface area contributed by atoms with Crippen molar-refractivity contribution in [3.63, 3.8) is 0 Å². The summed E-state index contributed by atoms with van der Waals surface area (Å²) in [4.78, 5) is 9.33. The lowest BCUT2D eigenvalue weighted by Gasteiger charge is -2.25. The first-order valence-electron chi connectivity index (χ1n) is 9.82. The first-order chi connectivity index (χ1) is 13.8. The van der Waals surface area contributed by atoms with Crippen LogP contribution >= 0.6 is 0 Å². The van der Waals surface area contributed by atoms with E-state index in [1.807, 2.05) is 13.8 Å². The summed E-state index contributed by atoms with van der Waals surface area (Å²) in [6.45, 7) is 4.47. The van der Waals surface area contributed by atoms with Gasteiger partial charge >= 0.3 is 12.2 Å². The van der Waals surface area contributed by atoms with E-state index in [1.54, 1.807) is 24.3 Å². The van der Waals surface area contributed by atoms with E-state index in [4.69, 9.17) is 9.47 Å². The molecule has 1 heterocycles. The topological polar surface area (TPSA) is 47.5 Å². The largest absolute Gasteiger partial charge is 0.491 e. The summed E-state index contributed by atoms with van der Waals surface area (Å²) in [6.07, 6.45) is -0.0455. The zero-order valence-corrected chi connectivity index (χ0v) is 16.9. The maximum absolute atomic E-state index is 13.6. The highest BCUT2D eigenvalue weighted by Gasteiger charge is 2.37. The molecule has 0 amide bonds. The Morgan fingerprint density at radius 1 is 1.17 bits per heavy atom. The van der Waals surface area contributed by atoms with Gasteiger partial charge in [0.25, 0.3) is 0 Å². The molecule has 1 saturated carbocycles. The molecule has 0 spiro atoms. The minimum atomic E-state index is -4.59. The maximum atomic E-state index is 13.6. The molecule has 29 heavy (non-hydrogen) atoms. The number of ether oxygens (including phenoxy) is 2. The van der Waals surface area contributed by atoms with Crippen molar-refractivity contribution in [3.05, 3.63) is 36.0 Å². The predicted molar refractivity (Wildman–Crippen MR) is 105 cm³/mol. The summed E-state index contributed by atoms with van der Waals surface area (Å²) in [5.41, 5.74) is -0.429. The fourth-order valence-electron chi connectivity index (χ4n) is 3.25. The summed E-state index contributed by atoms with van der Waals surface area (Å²) < 4.78 is 52.4. The van der Waals surface area contributed by atoms with Gasteiger partial charge < -0.3 is 14.4 Å². The monoisotopic (exact) mass is 409 g/mol. The maximum Gasteiger partial charge on any atom is 0.421 e. The normalized spacial score (nSPS) is 15.0. The minimum Gasteiger partial charge on any atom is -0.491 e. The third-order valence-corrected chi connectivity index (χ3v) is 4.74. The van der Waals surface area contributed by atoms with Gasteiger partial charge in [-0.25, -0.2) is 4.98 Å². The van der Waals surface area contributed by atoms with Crippen LogP contribution in [0.5, 0.6) is 11.8 Å². The summed E-state index contributed by atoms with van der Waals surface area (Å²) in [5.74, 6) is 0.513. The van der Waals surface area contributed by atoms with Crippen LogP contribution in [0.25, 0.3) is 0 Å². The van der Waals surface area contributed by atoms with Crippen LogP contribution in [0.4, 0.5) is 24.7 Å². The molecule has 0 unspecified atom stereocenters. The molecule has 1 aliphatic carbocycles. The molecule has 1 fully saturated rings. The average Bonchev–Trinajstić information content (AvgIpc) is 3.18. The van der Waals surface area contributed by atoms with Crippen molar-refractivity contribution in [2.45, 2.75) is 51.8 Å². The van der Waals surface area contributed by atoms with E-state index in [-0.39, 0.29) is 23.9 Å². The lowest BCUT2D eigenvalue weighted by Crippen LogP contribution is -2.21. The smallest absolute Gasteiger partial charge is 0.421 e. The number of para-hydroxylation sites is 2. The molecule has 0 N–H and O–H groups in total. The summed E-state index contributed by atoms with van der Waals surface area (Å²) in [6, 6.07) is 6.94. The van der Waals surface area contributed by atoms with Gasteiger partial charge in [0.05, 0.1) is 12.3 Å². The molecule has 5 nitrogen and oxygen atoms in total. The van der Waals surface area contributed by atoms with Crippen molar-refractivity contribution in [1.29, 1.82) is 0 Å². The quantitative estimate of drug-likeness (QED) is 0.594. The number of rotatable bonds is 7. The van der Waals surface area contributed by atoms with Gasteiger partial charge in [-0.2, -0.15) is 18.2 Å². The van der Waals surface area contributed by atoms with Crippen molar-refractivity contribution in [2.24, 2.45) is 5.92 Å². The number of hydrogen-bond acceptors (Lipinski definition) is 5. The molecule has 3 rings (SSSR count). The lowest BCUT2D eigenvalue weighted by molar-refractivity contribution is -0.137. The lowest BCUT2D eigenvalue weighted by atomic mass is 10.2. The van der Waals surface area contributed by atoms with Gasteiger partial charge in [0.15, 0.2) is 5.82 Å². The highest BCUT2D eigenvalue weighted by Crippen LogP contribution is 2.40. The zero-order valence-electron chi connectivity index (χ0n) is 16.9. The Morgan fingerprint density at radius 3 is 2.52 bits per heavy atom. The fraction of sp³-hybridized carbons (Fsp3) is 0.524. The van der Waals surface area contributed by atoms with E-state index in [9.17, 15) is 13.2 Å². The Bertz CT molecular complexity index is 821. The number of aromatic nitrogens is 2. The Labute approximate surface area is 168 Å². The zero-order chi connectivity index (χ0) is 21.0. The Kier molecular flexibility index (Phi) is 6.49. The van der Waals surface area contributed by atoms with Crippen molar-refractivity contribution in [3.8, 4) is 11.8 Å². The number of nitrogens with zero attached hydrogens (tertiary/aromatic N) is 3. The highest BCUT2D eigenvalue weighted by molar-refractivity contribution is 5.68. The number of anilines is 2. The molecule has 8 heteroatoms. The second-order valence-electron chi connectivity index (χ2n) is 7.64. The van der Waals surface area contributed by atoms with E-state index < -0.39 is 11.7 Å². The van der Waals surface area contributed by atoms with Gasteiger partial charge in [-0.1, -0.05) is 26.0 Å². The van der Waals surface area contributed by atoms with Crippen molar-refractivity contribution in [2.75, 3.05) is 18.6 Å². The molecular formula is C21H26F3N3O2. The van der Waals surface area contributed by atoms with Crippen LogP contribution in [0.15, 0.2) is 30.5 Å². The van der Waals surface area contributed by atoms with Crippen LogP contribution in [0.1, 0.15) is 45.1 Å². The fourth-order valence-corrected chi connectivity index (χ4v) is 3.25. The van der Waals surface area contributed by atoms with Gasteiger partial charge in [0, 0.05) is 13.2 Å². The summed E-state index contributed by atoms with van der Waals surface area (Å²) >= 11 is 0. The molecule has 0 atom stereocenters. The van der Waals surface area contributed by atoms with Gasteiger partial charge in [-0.05, 0) is 43.7 Å². The number of hydrogen-bond donors (Lipinski definition) is 0. The molecule has 1 aliphatic rings. The molecule has 1 aromatic carbocycles. The third kappa shape index (κ3) is 5.31. The van der Waals surface area contributed by atoms with Gasteiger partial charge in [0.2, 0.25) is 0 Å². The first-order valence-corrected chi connectivity index (χ1v) is 9.82. The standard InChI is InChI=1S/C21H26F3N3O2/c1-14(2)13-28-18-11-7-6-10-17(18)27(3)19-16(21(22,23)24)12-25-20(26-19)29-15-8-4-5-9-15/h6-7,10-12,14-15H,4-5,8-9,13H2,1-3H3. The second kappa shape index (κ2) is 8.88. The van der Waals surface area contributed by atoms with E-state index in [1.165, 1.54) is 11.9 Å². The SMILES string of the molecule is CC(C)COc1ccccc1N(C)c1nc(OC2CCCC2)ncc1C(F)(F)F. The number of benzene rings is 1. The molecule has 0 saturated heterocycles. The van der Waals surface area contributed by atoms with Crippen LogP contribution < -0.4 is 14.4 Å². The van der Waals surface area contributed by atoms with Crippen LogP contribution in [0.2, 0.25) is 0 Å². The average molecular weight is 409 g/mol. The first kappa shape index (κ1) is 21.2. The molecule has 1 aromatic heterocycles. The number of halogens is 3. The van der Waals surface area contributed by atoms with Crippen molar-refractivity contribution >= 4 is 11.5 Å².